The molecule has 1 aromatic carbocycles. The lowest BCUT2D eigenvalue weighted by Crippen LogP contribution is -2.61. The van der Waals surface area contributed by atoms with Gasteiger partial charge in [-0.25, -0.2) is 4.79 Å². The number of benzene rings is 1. The molecule has 5 rings (SSSR count). The van der Waals surface area contributed by atoms with Crippen molar-refractivity contribution in [3.05, 3.63) is 45.7 Å². The molecule has 0 saturated carbocycles. The number of rotatable bonds is 18. The minimum absolute atomic E-state index is 0.0264. The van der Waals surface area contributed by atoms with Crippen molar-refractivity contribution in [1.82, 2.24) is 14.9 Å². The highest BCUT2D eigenvalue weighted by Crippen LogP contribution is 2.42. The van der Waals surface area contributed by atoms with Crippen LogP contribution in [0.25, 0.3) is 10.9 Å². The fraction of sp³-hybridized carbons (Fsp3) is 0.764. The molecule has 4 heterocycles. The third kappa shape index (κ3) is 14.0. The maximum atomic E-state index is 14.6. The summed E-state index contributed by atoms with van der Waals surface area (Å²) in [4.78, 5) is 68.8. The minimum atomic E-state index is -2.03. The van der Waals surface area contributed by atoms with E-state index in [1.54, 1.807) is 60.7 Å². The number of ether oxygens (including phenoxy) is 8. The number of carboxylic acid groups (broad SMARTS) is 1. The fourth-order valence-electron chi connectivity index (χ4n) is 11.6. The summed E-state index contributed by atoms with van der Waals surface area (Å²) in [6.07, 6.45) is -7.07. The molecule has 430 valence electrons. The van der Waals surface area contributed by atoms with E-state index in [0.717, 1.165) is 5.56 Å². The van der Waals surface area contributed by atoms with Crippen LogP contribution < -0.4 is 16.2 Å². The molecule has 0 amide bonds. The number of Topliss-reactive ketones (excluding diaryl/α,β-unsaturated/α-hetero) is 1. The third-order valence-corrected chi connectivity index (χ3v) is 16.3. The molecular formula is C55H88N4O17. The third-order valence-electron chi connectivity index (χ3n) is 16.3. The topological polar surface area (TPSA) is 272 Å². The quantitative estimate of drug-likeness (QED) is 0.0916. The van der Waals surface area contributed by atoms with Crippen LogP contribution in [0.2, 0.25) is 0 Å². The van der Waals surface area contributed by atoms with Gasteiger partial charge in [-0.3, -0.25) is 23.9 Å². The Hall–Kier alpha value is -4.13. The Bertz CT molecular complexity index is 2370. The van der Waals surface area contributed by atoms with E-state index in [0.29, 0.717) is 43.3 Å². The number of hydrogen-bond donors (Lipinski definition) is 6. The largest absolute Gasteiger partial charge is 0.477 e. The molecule has 1 aromatic heterocycles. The molecule has 76 heavy (non-hydrogen) atoms. The molecule has 0 spiro atoms. The summed E-state index contributed by atoms with van der Waals surface area (Å²) in [7, 11) is 8.35. The van der Waals surface area contributed by atoms with Crippen molar-refractivity contribution in [1.29, 1.82) is 0 Å². The van der Waals surface area contributed by atoms with Crippen LogP contribution in [0, 0.1) is 23.7 Å². The Labute approximate surface area is 447 Å². The molecule has 21 nitrogen and oxygen atoms in total. The molecule has 6 N–H and O–H groups in total. The van der Waals surface area contributed by atoms with Crippen molar-refractivity contribution in [3.63, 3.8) is 0 Å². The number of aromatic nitrogens is 1. The van der Waals surface area contributed by atoms with Crippen molar-refractivity contribution in [2.24, 2.45) is 23.7 Å². The maximum Gasteiger partial charge on any atom is 0.341 e. The van der Waals surface area contributed by atoms with Crippen molar-refractivity contribution < 1.29 is 77.5 Å². The van der Waals surface area contributed by atoms with Crippen LogP contribution in [0.1, 0.15) is 124 Å². The fourth-order valence-corrected chi connectivity index (χ4v) is 11.6. The maximum absolute atomic E-state index is 14.6. The molecule has 0 radical (unpaired) electrons. The second kappa shape index (κ2) is 26.2. The Morgan fingerprint density at radius 3 is 2.17 bits per heavy atom. The van der Waals surface area contributed by atoms with E-state index >= 15 is 0 Å². The summed E-state index contributed by atoms with van der Waals surface area (Å²) < 4.78 is 52.8. The van der Waals surface area contributed by atoms with E-state index < -0.39 is 119 Å². The molecule has 3 aliphatic heterocycles. The van der Waals surface area contributed by atoms with Crippen LogP contribution in [0.4, 0.5) is 0 Å². The van der Waals surface area contributed by atoms with Crippen molar-refractivity contribution in [3.8, 4) is 0 Å². The van der Waals surface area contributed by atoms with Crippen LogP contribution in [0.5, 0.6) is 0 Å². The number of aryl methyl sites for hydroxylation is 1. The molecule has 0 aliphatic carbocycles. The van der Waals surface area contributed by atoms with Gasteiger partial charge < -0.3 is 74.0 Å². The number of nitrogens with one attached hydrogen (secondary N) is 2. The van der Waals surface area contributed by atoms with E-state index in [2.05, 4.69) is 10.7 Å². The van der Waals surface area contributed by atoms with Gasteiger partial charge in [-0.2, -0.15) is 0 Å². The van der Waals surface area contributed by atoms with Crippen molar-refractivity contribution >= 4 is 34.6 Å². The van der Waals surface area contributed by atoms with E-state index in [1.165, 1.54) is 38.9 Å². The van der Waals surface area contributed by atoms with Gasteiger partial charge in [-0.1, -0.05) is 33.8 Å². The molecule has 3 saturated heterocycles. The van der Waals surface area contributed by atoms with Gasteiger partial charge in [0.05, 0.1) is 54.0 Å². The van der Waals surface area contributed by atoms with Gasteiger partial charge in [-0.15, -0.1) is 0 Å². The SMILES string of the molecule is CC[C@H]1OC(=O)[C@H](C)[C@@H](O[C@H]2C[C@@](C)(OC)[C@@H](OC(=O)CCNCCCc3ccc4c(c3)c(=O)c(C(=O)O)cn4NC)[C@H](C)O2)[C@H](C)[C@@H](O[C@@H]2O[C@H](C)C[C@H](N(C)C)[C@H]2O)[C@](C)(OC)C[C@@H](C)C(=O)[C@@H](C)[C@@H](O)[C@]1(C)O. The van der Waals surface area contributed by atoms with Crippen molar-refractivity contribution in [2.45, 2.75) is 198 Å². The van der Waals surface area contributed by atoms with E-state index in [-0.39, 0.29) is 49.2 Å². The number of ketones is 1. The first-order valence-corrected chi connectivity index (χ1v) is 26.8. The first kappa shape index (κ1) is 62.7. The zero-order valence-electron chi connectivity index (χ0n) is 47.3. The van der Waals surface area contributed by atoms with Gasteiger partial charge in [0.25, 0.3) is 0 Å². The monoisotopic (exact) mass is 1080 g/mol. The number of methoxy groups -OCH3 is 2. The average molecular weight is 1080 g/mol. The number of esters is 2. The van der Waals surface area contributed by atoms with Gasteiger partial charge >= 0.3 is 17.9 Å². The molecule has 2 aromatic rings. The van der Waals surface area contributed by atoms with Gasteiger partial charge in [0.2, 0.25) is 5.43 Å². The highest BCUT2D eigenvalue weighted by atomic mass is 16.7. The Kier molecular flexibility index (Phi) is 21.6. The van der Waals surface area contributed by atoms with E-state index in [4.69, 9.17) is 37.9 Å². The zero-order valence-corrected chi connectivity index (χ0v) is 47.3. The molecule has 3 fully saturated rings. The Morgan fingerprint density at radius 2 is 1.57 bits per heavy atom. The summed E-state index contributed by atoms with van der Waals surface area (Å²) in [5.74, 6) is -6.65. The predicted octanol–water partition coefficient (Wildman–Crippen LogP) is 3.79. The summed E-state index contributed by atoms with van der Waals surface area (Å²) >= 11 is 0. The highest BCUT2D eigenvalue weighted by Gasteiger charge is 2.55. The summed E-state index contributed by atoms with van der Waals surface area (Å²) in [5.41, 5.74) is -1.12. The number of hydrogen-bond acceptors (Lipinski definition) is 19. The molecule has 0 unspecified atom stereocenters. The van der Waals surface area contributed by atoms with E-state index in [9.17, 15) is 44.4 Å². The first-order chi connectivity index (χ1) is 35.6. The number of nitrogens with zero attached hydrogens (tertiary/aromatic N) is 2. The van der Waals surface area contributed by atoms with Crippen molar-refractivity contribution in [2.75, 3.05) is 53.9 Å². The number of carbonyl (C=O) groups is 4. The molecule has 3 aliphatic rings. The second-order valence-electron chi connectivity index (χ2n) is 22.3. The lowest BCUT2D eigenvalue weighted by Gasteiger charge is -2.50. The Morgan fingerprint density at radius 1 is 0.908 bits per heavy atom. The van der Waals surface area contributed by atoms with Gasteiger partial charge in [0.15, 0.2) is 18.7 Å². The molecular weight excluding hydrogens is 989 g/mol. The number of pyridine rings is 1. The first-order valence-electron chi connectivity index (χ1n) is 26.8. The molecule has 21 heteroatoms. The standard InChI is InChI=1S/C55H88N4O17/c1-16-40-55(10,68)47(64)31(4)43(61)29(2)26-53(8,69-14)48(76-52-45(63)39(58(12)13)24-30(3)71-52)32(5)46(33(6)51(67)73-40)75-42-27-54(9,70-15)49(34(7)72-42)74-41(60)21-23-57-22-17-18-35-19-20-38-36(25-35)44(62)37(50(65)66)28-59(38)56-11/h19-20,25,28-34,39-40,42,45-49,52,56-57,63-64,68H,16-18,21-24,26-27H2,1-15H3,(H,65,66)/t29-,30-,31-,32+,33-,34+,39+,40-,42+,45-,46+,47-,48-,49+,52+,53-,54-,55-/m1/s1. The summed E-state index contributed by atoms with van der Waals surface area (Å²) in [6.45, 7) is 17.8. The second-order valence-corrected chi connectivity index (χ2v) is 22.3. The lowest BCUT2D eigenvalue weighted by molar-refractivity contribution is -0.320. The number of carboxylic acids is 1. The molecule has 18 atom stereocenters. The number of carbonyl (C=O) groups excluding carboxylic acids is 3. The van der Waals surface area contributed by atoms with Crippen LogP contribution in [-0.2, 0) is 58.7 Å². The number of aromatic carboxylic acids is 1. The van der Waals surface area contributed by atoms with E-state index in [1.807, 2.05) is 38.9 Å². The number of likely N-dealkylation sites (N-methyl/N-ethyl adjacent to an activating group) is 1. The lowest BCUT2D eigenvalue weighted by atomic mass is 9.74. The van der Waals surface area contributed by atoms with Crippen LogP contribution in [-0.4, -0.2) is 186 Å². The summed E-state index contributed by atoms with van der Waals surface area (Å²) in [6, 6.07) is 5.03. The number of fused-ring (bicyclic) bond motifs is 1. The summed E-state index contributed by atoms with van der Waals surface area (Å²) in [5, 5.41) is 48.4. The smallest absolute Gasteiger partial charge is 0.341 e. The van der Waals surface area contributed by atoms with Gasteiger partial charge in [0, 0.05) is 69.6 Å². The van der Waals surface area contributed by atoms with Crippen LogP contribution in [0.15, 0.2) is 29.2 Å². The number of cyclic esters (lactones) is 1. The normalized spacial score (nSPS) is 37.1. The van der Waals surface area contributed by atoms with Gasteiger partial charge in [-0.05, 0) is 112 Å². The Balaban J connectivity index is 1.35. The highest BCUT2D eigenvalue weighted by molar-refractivity contribution is 5.92. The van der Waals surface area contributed by atoms with Crippen LogP contribution in [0.3, 0.4) is 0 Å². The zero-order chi connectivity index (χ0) is 56.8. The average Bonchev–Trinajstić information content (AvgIpc) is 3.37. The van der Waals surface area contributed by atoms with Crippen LogP contribution >= 0.6 is 0 Å². The number of aliphatic hydroxyl groups excluding tert-OH is 2. The van der Waals surface area contributed by atoms with Gasteiger partial charge in [0.1, 0.15) is 34.8 Å². The number of aliphatic hydroxyl groups is 3. The minimum Gasteiger partial charge on any atom is -0.477 e. The molecule has 0 bridgehead atoms. The predicted molar refractivity (Wildman–Crippen MR) is 281 cm³/mol.